The first kappa shape index (κ1) is 37.2. The van der Waals surface area contributed by atoms with Gasteiger partial charge in [-0.3, -0.25) is 0 Å². The van der Waals surface area contributed by atoms with Gasteiger partial charge in [-0.25, -0.2) is 0 Å². The van der Waals surface area contributed by atoms with Gasteiger partial charge in [0.1, 0.15) is 5.75 Å². The summed E-state index contributed by atoms with van der Waals surface area (Å²) in [6, 6.07) is 34.1. The fraction of sp³-hybridized carbons (Fsp3) is 0.368. The average Bonchev–Trinajstić information content (AvgIpc) is 3.11. The first-order chi connectivity index (χ1) is 22.5. The highest BCUT2D eigenvalue weighted by molar-refractivity contribution is 6.31. The van der Waals surface area contributed by atoms with E-state index in [2.05, 4.69) is 5.73 Å². The van der Waals surface area contributed by atoms with E-state index < -0.39 is 11.9 Å². The van der Waals surface area contributed by atoms with Crippen LogP contribution in [0.15, 0.2) is 103 Å². The van der Waals surface area contributed by atoms with Crippen LogP contribution in [0.5, 0.6) is 5.75 Å². The molecule has 0 aromatic heterocycles. The van der Waals surface area contributed by atoms with Gasteiger partial charge in [0.2, 0.25) is 0 Å². The molecule has 0 spiro atoms. The highest BCUT2D eigenvalue weighted by atomic mass is 35.5. The average molecular weight is 650 g/mol. The van der Waals surface area contributed by atoms with Crippen molar-refractivity contribution in [3.63, 3.8) is 0 Å². The van der Waals surface area contributed by atoms with Gasteiger partial charge in [0, 0.05) is 37.6 Å². The minimum atomic E-state index is -1.04. The van der Waals surface area contributed by atoms with Crippen molar-refractivity contribution in [1.29, 1.82) is 0 Å². The number of aliphatic hydroxyl groups is 1. The Labute approximate surface area is 279 Å². The lowest BCUT2D eigenvalue weighted by Gasteiger charge is -2.43. The van der Waals surface area contributed by atoms with E-state index in [1.807, 2.05) is 110 Å². The largest absolute Gasteiger partial charge is 0.494 e. The smallest absolute Gasteiger partial charge is 0.197 e. The van der Waals surface area contributed by atoms with E-state index in [1.54, 1.807) is 14.2 Å². The number of halogens is 1. The summed E-state index contributed by atoms with van der Waals surface area (Å²) in [4.78, 5) is 0. The van der Waals surface area contributed by atoms with Crippen molar-refractivity contribution in [2.75, 3.05) is 34.5 Å². The Hall–Kier alpha value is -3.27. The van der Waals surface area contributed by atoms with Crippen LogP contribution >= 0.6 is 11.6 Å². The number of methoxy groups -OCH3 is 2. The van der Waals surface area contributed by atoms with Crippen LogP contribution in [0.25, 0.3) is 0 Å². The molecule has 0 radical (unpaired) electrons. The molecule has 46 heavy (non-hydrogen) atoms. The van der Waals surface area contributed by atoms with E-state index in [-0.39, 0.29) is 12.7 Å². The van der Waals surface area contributed by atoms with Gasteiger partial charge >= 0.3 is 0 Å². The van der Waals surface area contributed by atoms with Gasteiger partial charge in [0.15, 0.2) is 5.79 Å². The quantitative estimate of drug-likeness (QED) is 0.166. The predicted molar refractivity (Wildman–Crippen MR) is 184 cm³/mol. The Kier molecular flexibility index (Phi) is 16.2. The zero-order chi connectivity index (χ0) is 33.2. The molecule has 3 N–H and O–H groups in total. The summed E-state index contributed by atoms with van der Waals surface area (Å²) in [5.41, 5.74) is 9.78. The third-order valence-electron chi connectivity index (χ3n) is 7.51. The highest BCUT2D eigenvalue weighted by Crippen LogP contribution is 2.41. The van der Waals surface area contributed by atoms with Crippen molar-refractivity contribution in [3.05, 3.63) is 136 Å². The number of aliphatic hydroxyl groups excluding tert-OH is 1. The standard InChI is InChI=1S/C29H33ClO5.C8H10O.CH5N/c1-3-33-25-12-9-21(10-13-25)15-23-16-24(11-14-28(23)30)29(32-2)18-26(17-27(19-31)35-29)34-20-22-7-5-4-6-8-22;1-9-7-8-5-3-2-4-6-8;1-2/h4-14,16,26-27,31H,3,15,17-20H2,1-2H3;2-6H,7H2,1H3;2H2,1H3/t26?,27?,29-;;/m1../s1. The van der Waals surface area contributed by atoms with Crippen molar-refractivity contribution in [2.24, 2.45) is 5.73 Å². The molecule has 0 saturated carbocycles. The Morgan fingerprint density at radius 1 is 0.848 bits per heavy atom. The predicted octanol–water partition coefficient (Wildman–Crippen LogP) is 7.29. The minimum absolute atomic E-state index is 0.108. The molecule has 2 unspecified atom stereocenters. The van der Waals surface area contributed by atoms with Gasteiger partial charge in [0.25, 0.3) is 0 Å². The fourth-order valence-corrected chi connectivity index (χ4v) is 5.47. The monoisotopic (exact) mass is 649 g/mol. The van der Waals surface area contributed by atoms with E-state index in [1.165, 1.54) is 12.6 Å². The summed E-state index contributed by atoms with van der Waals surface area (Å²) < 4.78 is 29.0. The number of hydrogen-bond donors (Lipinski definition) is 2. The summed E-state index contributed by atoms with van der Waals surface area (Å²) in [6.07, 6.45) is 1.25. The second kappa shape index (κ2) is 20.1. The molecule has 1 saturated heterocycles. The van der Waals surface area contributed by atoms with E-state index >= 15 is 0 Å². The molecular formula is C38H48ClNO6. The molecule has 0 amide bonds. The maximum Gasteiger partial charge on any atom is 0.197 e. The van der Waals surface area contributed by atoms with Crippen LogP contribution in [0.2, 0.25) is 5.02 Å². The molecule has 7 nitrogen and oxygen atoms in total. The fourth-order valence-electron chi connectivity index (χ4n) is 5.28. The number of nitrogens with two attached hydrogens (primary N) is 1. The number of ether oxygens (including phenoxy) is 5. The lowest BCUT2D eigenvalue weighted by atomic mass is 9.90. The molecule has 1 aliphatic heterocycles. The minimum Gasteiger partial charge on any atom is -0.494 e. The lowest BCUT2D eigenvalue weighted by molar-refractivity contribution is -0.303. The van der Waals surface area contributed by atoms with Crippen LogP contribution < -0.4 is 10.5 Å². The number of benzene rings is 4. The summed E-state index contributed by atoms with van der Waals surface area (Å²) in [7, 11) is 4.84. The Balaban J connectivity index is 0.000000446. The maximum atomic E-state index is 9.96. The Morgan fingerprint density at radius 3 is 2.04 bits per heavy atom. The SMILES string of the molecule is CCOc1ccc(Cc2cc([C@@]3(OC)CC(OCc4ccccc4)CC(CO)O3)ccc2Cl)cc1.CN.COCc1ccccc1. The highest BCUT2D eigenvalue weighted by Gasteiger charge is 2.44. The molecule has 0 aliphatic carbocycles. The maximum absolute atomic E-state index is 9.96. The van der Waals surface area contributed by atoms with Gasteiger partial charge < -0.3 is 34.5 Å². The third-order valence-corrected chi connectivity index (χ3v) is 7.88. The Morgan fingerprint density at radius 2 is 1.48 bits per heavy atom. The molecule has 248 valence electrons. The topological polar surface area (TPSA) is 92.4 Å². The summed E-state index contributed by atoms with van der Waals surface area (Å²) in [5, 5.41) is 10.6. The first-order valence-electron chi connectivity index (χ1n) is 15.6. The third kappa shape index (κ3) is 11.2. The van der Waals surface area contributed by atoms with Crippen LogP contribution in [0, 0.1) is 0 Å². The molecular weight excluding hydrogens is 602 g/mol. The van der Waals surface area contributed by atoms with Crippen LogP contribution in [-0.2, 0) is 44.4 Å². The number of rotatable bonds is 12. The van der Waals surface area contributed by atoms with E-state index in [9.17, 15) is 5.11 Å². The van der Waals surface area contributed by atoms with Crippen LogP contribution in [0.1, 0.15) is 47.6 Å². The van der Waals surface area contributed by atoms with Crippen molar-refractivity contribution >= 4 is 11.6 Å². The van der Waals surface area contributed by atoms with Gasteiger partial charge in [-0.2, -0.15) is 0 Å². The van der Waals surface area contributed by atoms with Crippen molar-refractivity contribution in [2.45, 2.75) is 57.4 Å². The van der Waals surface area contributed by atoms with E-state index in [0.29, 0.717) is 44.1 Å². The Bertz CT molecular complexity index is 1390. The molecule has 0 bridgehead atoms. The molecule has 5 rings (SSSR count). The van der Waals surface area contributed by atoms with Crippen molar-refractivity contribution < 1.29 is 28.8 Å². The zero-order valence-electron chi connectivity index (χ0n) is 27.4. The van der Waals surface area contributed by atoms with E-state index in [0.717, 1.165) is 28.0 Å². The summed E-state index contributed by atoms with van der Waals surface area (Å²) >= 11 is 6.59. The van der Waals surface area contributed by atoms with Crippen molar-refractivity contribution in [1.82, 2.24) is 0 Å². The normalized spacial score (nSPS) is 18.8. The lowest BCUT2D eigenvalue weighted by Crippen LogP contribution is -2.47. The molecule has 4 aromatic rings. The second-order valence-corrected chi connectivity index (χ2v) is 11.1. The number of hydrogen-bond acceptors (Lipinski definition) is 7. The van der Waals surface area contributed by atoms with E-state index in [4.69, 9.17) is 35.3 Å². The van der Waals surface area contributed by atoms with Crippen LogP contribution in [0.4, 0.5) is 0 Å². The van der Waals surface area contributed by atoms with Gasteiger partial charge in [-0.1, -0.05) is 90.5 Å². The van der Waals surface area contributed by atoms with Gasteiger partial charge in [0.05, 0.1) is 38.6 Å². The first-order valence-corrected chi connectivity index (χ1v) is 16.0. The molecule has 4 aromatic carbocycles. The van der Waals surface area contributed by atoms with Crippen LogP contribution in [-0.4, -0.2) is 51.8 Å². The van der Waals surface area contributed by atoms with Crippen molar-refractivity contribution in [3.8, 4) is 5.75 Å². The molecule has 1 heterocycles. The zero-order valence-corrected chi connectivity index (χ0v) is 28.1. The molecule has 8 heteroatoms. The second-order valence-electron chi connectivity index (χ2n) is 10.7. The molecule has 1 aliphatic rings. The molecule has 1 fully saturated rings. The van der Waals surface area contributed by atoms with Crippen LogP contribution in [0.3, 0.4) is 0 Å². The van der Waals surface area contributed by atoms with Gasteiger partial charge in [-0.05, 0) is 66.9 Å². The molecule has 3 atom stereocenters. The summed E-state index contributed by atoms with van der Waals surface area (Å²) in [5.74, 6) is -0.188. The summed E-state index contributed by atoms with van der Waals surface area (Å²) in [6.45, 7) is 3.70. The van der Waals surface area contributed by atoms with Gasteiger partial charge in [-0.15, -0.1) is 0 Å².